The number of anilines is 2. The van der Waals surface area contributed by atoms with Gasteiger partial charge in [-0.2, -0.15) is 0 Å². The van der Waals surface area contributed by atoms with Gasteiger partial charge in [0.1, 0.15) is 0 Å². The summed E-state index contributed by atoms with van der Waals surface area (Å²) in [7, 11) is 3.90. The van der Waals surface area contributed by atoms with E-state index in [2.05, 4.69) is 5.32 Å². The number of ether oxygens (including phenoxy) is 1. The van der Waals surface area contributed by atoms with Crippen LogP contribution in [0.2, 0.25) is 0 Å². The van der Waals surface area contributed by atoms with Gasteiger partial charge in [0.05, 0.1) is 5.92 Å². The lowest BCUT2D eigenvalue weighted by Gasteiger charge is -2.13. The van der Waals surface area contributed by atoms with E-state index < -0.39 is 0 Å². The van der Waals surface area contributed by atoms with Crippen LogP contribution < -0.4 is 10.2 Å². The van der Waals surface area contributed by atoms with E-state index in [1.807, 2.05) is 50.2 Å². The van der Waals surface area contributed by atoms with Crippen molar-refractivity contribution < 1.29 is 14.3 Å². The Bertz CT molecular complexity index is 496. The van der Waals surface area contributed by atoms with Crippen LogP contribution in [-0.2, 0) is 14.3 Å². The average molecular weight is 276 g/mol. The molecule has 0 aromatic heterocycles. The van der Waals surface area contributed by atoms with Gasteiger partial charge < -0.3 is 15.0 Å². The first-order chi connectivity index (χ1) is 9.47. The molecule has 0 saturated heterocycles. The third kappa shape index (κ3) is 3.73. The number of hydrogen-bond donors (Lipinski definition) is 1. The van der Waals surface area contributed by atoms with Gasteiger partial charge in [0.15, 0.2) is 6.61 Å². The lowest BCUT2D eigenvalue weighted by Crippen LogP contribution is -2.21. The number of rotatable bonds is 5. The monoisotopic (exact) mass is 276 g/mol. The zero-order valence-electron chi connectivity index (χ0n) is 12.1. The molecule has 1 saturated carbocycles. The number of nitrogens with zero attached hydrogens (tertiary/aromatic N) is 1. The summed E-state index contributed by atoms with van der Waals surface area (Å²) in [5.41, 5.74) is 1.74. The molecular formula is C15H20N2O3. The van der Waals surface area contributed by atoms with E-state index in [4.69, 9.17) is 4.74 Å². The molecule has 0 spiro atoms. The van der Waals surface area contributed by atoms with Crippen molar-refractivity contribution in [3.05, 3.63) is 24.3 Å². The van der Waals surface area contributed by atoms with Crippen molar-refractivity contribution >= 4 is 23.3 Å². The Morgan fingerprint density at radius 2 is 1.90 bits per heavy atom. The number of amides is 1. The van der Waals surface area contributed by atoms with Gasteiger partial charge in [-0.05, 0) is 36.6 Å². The van der Waals surface area contributed by atoms with Crippen molar-refractivity contribution in [2.75, 3.05) is 30.9 Å². The van der Waals surface area contributed by atoms with Crippen molar-refractivity contribution in [1.29, 1.82) is 0 Å². The molecule has 0 aliphatic heterocycles. The van der Waals surface area contributed by atoms with Crippen LogP contribution in [0.5, 0.6) is 0 Å². The molecule has 1 aliphatic rings. The summed E-state index contributed by atoms with van der Waals surface area (Å²) in [6.07, 6.45) is 0.868. The molecule has 108 valence electrons. The molecule has 1 fully saturated rings. The maximum Gasteiger partial charge on any atom is 0.309 e. The number of nitrogens with one attached hydrogen (secondary N) is 1. The molecule has 0 unspecified atom stereocenters. The molecule has 1 aromatic carbocycles. The number of carbonyl (C=O) groups excluding carboxylic acids is 2. The minimum atomic E-state index is -0.316. The highest BCUT2D eigenvalue weighted by atomic mass is 16.5. The summed E-state index contributed by atoms with van der Waals surface area (Å²) in [5.74, 6) is -0.203. The summed E-state index contributed by atoms with van der Waals surface area (Å²) in [4.78, 5) is 25.1. The van der Waals surface area contributed by atoms with Crippen molar-refractivity contribution in [2.45, 2.75) is 13.3 Å². The van der Waals surface area contributed by atoms with E-state index in [9.17, 15) is 9.59 Å². The van der Waals surface area contributed by atoms with E-state index in [0.717, 1.165) is 12.1 Å². The van der Waals surface area contributed by atoms with Gasteiger partial charge in [0.2, 0.25) is 0 Å². The fourth-order valence-corrected chi connectivity index (χ4v) is 1.93. The minimum absolute atomic E-state index is 0.0119. The molecule has 1 aliphatic carbocycles. The quantitative estimate of drug-likeness (QED) is 0.834. The summed E-state index contributed by atoms with van der Waals surface area (Å²) in [6, 6.07) is 7.46. The maximum atomic E-state index is 11.7. The second kappa shape index (κ2) is 5.94. The molecule has 1 amide bonds. The Kier molecular flexibility index (Phi) is 4.27. The summed E-state index contributed by atoms with van der Waals surface area (Å²) in [5, 5.41) is 2.70. The van der Waals surface area contributed by atoms with E-state index >= 15 is 0 Å². The SMILES string of the molecule is C[C@H]1C[C@H]1C(=O)OCC(=O)Nc1ccc(N(C)C)cc1. The predicted molar refractivity (Wildman–Crippen MR) is 77.6 cm³/mol. The number of carbonyl (C=O) groups is 2. The lowest BCUT2D eigenvalue weighted by atomic mass is 10.2. The predicted octanol–water partition coefficient (Wildman–Crippen LogP) is 1.89. The third-order valence-corrected chi connectivity index (χ3v) is 3.43. The van der Waals surface area contributed by atoms with Crippen LogP contribution >= 0.6 is 0 Å². The maximum absolute atomic E-state index is 11.7. The van der Waals surface area contributed by atoms with E-state index in [1.54, 1.807) is 0 Å². The van der Waals surface area contributed by atoms with Gasteiger partial charge in [0.25, 0.3) is 5.91 Å². The van der Waals surface area contributed by atoms with Gasteiger partial charge in [-0.25, -0.2) is 0 Å². The molecule has 0 radical (unpaired) electrons. The molecule has 0 bridgehead atoms. The van der Waals surface area contributed by atoms with Gasteiger partial charge in [0, 0.05) is 25.5 Å². The van der Waals surface area contributed by atoms with Crippen molar-refractivity contribution in [3.8, 4) is 0 Å². The van der Waals surface area contributed by atoms with Gasteiger partial charge >= 0.3 is 5.97 Å². The van der Waals surface area contributed by atoms with Crippen LogP contribution in [0, 0.1) is 11.8 Å². The molecule has 0 heterocycles. The molecule has 2 rings (SSSR count). The summed E-state index contributed by atoms with van der Waals surface area (Å²) in [6.45, 7) is 1.77. The molecule has 20 heavy (non-hydrogen) atoms. The van der Waals surface area contributed by atoms with Crippen LogP contribution in [0.3, 0.4) is 0 Å². The van der Waals surface area contributed by atoms with Crippen LogP contribution in [0.25, 0.3) is 0 Å². The highest BCUT2D eigenvalue weighted by molar-refractivity contribution is 5.93. The van der Waals surface area contributed by atoms with Crippen LogP contribution in [0.15, 0.2) is 24.3 Å². The largest absolute Gasteiger partial charge is 0.455 e. The van der Waals surface area contributed by atoms with Crippen LogP contribution in [-0.4, -0.2) is 32.6 Å². The smallest absolute Gasteiger partial charge is 0.309 e. The fraction of sp³-hybridized carbons (Fsp3) is 0.467. The highest BCUT2D eigenvalue weighted by Gasteiger charge is 2.40. The van der Waals surface area contributed by atoms with Crippen molar-refractivity contribution in [2.24, 2.45) is 11.8 Å². The van der Waals surface area contributed by atoms with E-state index in [-0.39, 0.29) is 24.4 Å². The lowest BCUT2D eigenvalue weighted by molar-refractivity contribution is -0.148. The number of benzene rings is 1. The minimum Gasteiger partial charge on any atom is -0.455 e. The second-order valence-electron chi connectivity index (χ2n) is 5.42. The van der Waals surface area contributed by atoms with Gasteiger partial charge in [-0.3, -0.25) is 9.59 Å². The third-order valence-electron chi connectivity index (χ3n) is 3.43. The fourth-order valence-electron chi connectivity index (χ4n) is 1.93. The van der Waals surface area contributed by atoms with Crippen molar-refractivity contribution in [3.63, 3.8) is 0 Å². The molecule has 5 nitrogen and oxygen atoms in total. The first-order valence-electron chi connectivity index (χ1n) is 6.71. The summed E-state index contributed by atoms with van der Waals surface area (Å²) >= 11 is 0. The van der Waals surface area contributed by atoms with E-state index in [1.165, 1.54) is 0 Å². The Morgan fingerprint density at radius 1 is 1.30 bits per heavy atom. The summed E-state index contributed by atoms with van der Waals surface area (Å²) < 4.78 is 4.97. The Hall–Kier alpha value is -2.04. The van der Waals surface area contributed by atoms with E-state index in [0.29, 0.717) is 11.6 Å². The number of esters is 1. The van der Waals surface area contributed by atoms with Gasteiger partial charge in [-0.1, -0.05) is 6.92 Å². The Balaban J connectivity index is 1.77. The van der Waals surface area contributed by atoms with Crippen LogP contribution in [0.1, 0.15) is 13.3 Å². The zero-order chi connectivity index (χ0) is 14.7. The second-order valence-corrected chi connectivity index (χ2v) is 5.42. The van der Waals surface area contributed by atoms with Crippen molar-refractivity contribution in [1.82, 2.24) is 0 Å². The number of hydrogen-bond acceptors (Lipinski definition) is 4. The molecule has 5 heteroatoms. The topological polar surface area (TPSA) is 58.6 Å². The van der Waals surface area contributed by atoms with Gasteiger partial charge in [-0.15, -0.1) is 0 Å². The average Bonchev–Trinajstić information content (AvgIpc) is 3.14. The molecule has 1 N–H and O–H groups in total. The molecule has 2 atom stereocenters. The van der Waals surface area contributed by atoms with Crippen LogP contribution in [0.4, 0.5) is 11.4 Å². The first kappa shape index (κ1) is 14.4. The zero-order valence-corrected chi connectivity index (χ0v) is 12.1. The molecule has 1 aromatic rings. The highest BCUT2D eigenvalue weighted by Crippen LogP contribution is 2.38. The normalized spacial score (nSPS) is 20.1. The first-order valence-corrected chi connectivity index (χ1v) is 6.71. The standard InChI is InChI=1S/C15H20N2O3/c1-10-8-13(10)15(19)20-9-14(18)16-11-4-6-12(7-5-11)17(2)3/h4-7,10,13H,8-9H2,1-3H3,(H,16,18)/t10-,13+/m0/s1. The Labute approximate surface area is 118 Å². The Morgan fingerprint density at radius 3 is 2.40 bits per heavy atom. The molecular weight excluding hydrogens is 256 g/mol.